The first-order valence-electron chi connectivity index (χ1n) is 4.37. The molecular formula is C9H22N2. The first-order chi connectivity index (χ1) is 4.86. The fourth-order valence-electron chi connectivity index (χ4n) is 0.628. The molecule has 0 aliphatic rings. The number of nitrogens with two attached hydrogens (primary N) is 1. The summed E-state index contributed by atoms with van der Waals surface area (Å²) in [6, 6.07) is 0.244. The zero-order valence-corrected chi connectivity index (χ0v) is 8.44. The van der Waals surface area contributed by atoms with Crippen LogP contribution in [0.1, 0.15) is 34.6 Å². The first-order valence-corrected chi connectivity index (χ1v) is 4.37. The third kappa shape index (κ3) is 4.38. The smallest absolute Gasteiger partial charge is 0.0148 e. The van der Waals surface area contributed by atoms with Crippen molar-refractivity contribution in [1.82, 2.24) is 5.32 Å². The van der Waals surface area contributed by atoms with Crippen LogP contribution in [0.5, 0.6) is 0 Å². The first kappa shape index (κ1) is 10.9. The Bertz CT molecular complexity index is 106. The quantitative estimate of drug-likeness (QED) is 0.648. The molecule has 0 bridgehead atoms. The molecule has 0 aromatic carbocycles. The summed E-state index contributed by atoms with van der Waals surface area (Å²) >= 11 is 0. The van der Waals surface area contributed by atoms with E-state index < -0.39 is 0 Å². The maximum Gasteiger partial charge on any atom is 0.0148 e. The molecule has 68 valence electrons. The minimum atomic E-state index is 0.202. The van der Waals surface area contributed by atoms with Gasteiger partial charge in [-0.15, -0.1) is 0 Å². The molecular weight excluding hydrogens is 136 g/mol. The van der Waals surface area contributed by atoms with E-state index >= 15 is 0 Å². The molecule has 0 saturated carbocycles. The zero-order chi connectivity index (χ0) is 9.07. The summed E-state index contributed by atoms with van der Waals surface area (Å²) < 4.78 is 0. The number of nitrogens with one attached hydrogen (secondary N) is 1. The molecule has 0 aliphatic heterocycles. The van der Waals surface area contributed by atoms with Crippen molar-refractivity contribution in [3.8, 4) is 0 Å². The highest BCUT2D eigenvalue weighted by atomic mass is 15.0. The molecule has 0 fully saturated rings. The van der Waals surface area contributed by atoms with E-state index in [0.29, 0.717) is 5.92 Å². The van der Waals surface area contributed by atoms with Crippen molar-refractivity contribution < 1.29 is 0 Å². The lowest BCUT2D eigenvalue weighted by atomic mass is 9.90. The van der Waals surface area contributed by atoms with Crippen LogP contribution in [0.3, 0.4) is 0 Å². The molecule has 0 rings (SSSR count). The molecule has 1 atom stereocenters. The molecule has 1 unspecified atom stereocenters. The second-order valence-corrected chi connectivity index (χ2v) is 4.23. The van der Waals surface area contributed by atoms with Crippen LogP contribution in [0.15, 0.2) is 0 Å². The maximum absolute atomic E-state index is 5.64. The van der Waals surface area contributed by atoms with Crippen LogP contribution in [-0.4, -0.2) is 18.1 Å². The van der Waals surface area contributed by atoms with E-state index in [-0.39, 0.29) is 11.6 Å². The van der Waals surface area contributed by atoms with Crippen molar-refractivity contribution in [2.24, 2.45) is 11.7 Å². The Morgan fingerprint density at radius 1 is 1.27 bits per heavy atom. The molecule has 11 heavy (non-hydrogen) atoms. The van der Waals surface area contributed by atoms with Gasteiger partial charge < -0.3 is 11.1 Å². The molecule has 2 nitrogen and oxygen atoms in total. The van der Waals surface area contributed by atoms with Crippen LogP contribution in [-0.2, 0) is 0 Å². The highest BCUT2D eigenvalue weighted by Gasteiger charge is 2.20. The Morgan fingerprint density at radius 2 is 1.73 bits per heavy atom. The van der Waals surface area contributed by atoms with Gasteiger partial charge in [-0.05, 0) is 26.7 Å². The Morgan fingerprint density at radius 3 is 2.00 bits per heavy atom. The Hall–Kier alpha value is -0.0800. The molecule has 0 radical (unpaired) electrons. The van der Waals surface area contributed by atoms with Gasteiger partial charge in [0.15, 0.2) is 0 Å². The van der Waals surface area contributed by atoms with E-state index in [4.69, 9.17) is 5.73 Å². The highest BCUT2D eigenvalue weighted by molar-refractivity contribution is 4.81. The van der Waals surface area contributed by atoms with Crippen LogP contribution in [0.2, 0.25) is 0 Å². The summed E-state index contributed by atoms with van der Waals surface area (Å²) in [6.07, 6.45) is 0. The zero-order valence-electron chi connectivity index (χ0n) is 8.44. The summed E-state index contributed by atoms with van der Waals surface area (Å²) in [7, 11) is 0. The topological polar surface area (TPSA) is 38.0 Å². The van der Waals surface area contributed by atoms with Crippen LogP contribution in [0.25, 0.3) is 0 Å². The third-order valence-corrected chi connectivity index (χ3v) is 2.32. The van der Waals surface area contributed by atoms with Crippen molar-refractivity contribution >= 4 is 0 Å². The number of hydrogen-bond acceptors (Lipinski definition) is 2. The second-order valence-electron chi connectivity index (χ2n) is 4.23. The molecule has 2 heteroatoms. The van der Waals surface area contributed by atoms with Gasteiger partial charge in [0.25, 0.3) is 0 Å². The summed E-state index contributed by atoms with van der Waals surface area (Å²) in [4.78, 5) is 0. The van der Waals surface area contributed by atoms with E-state index in [1.54, 1.807) is 0 Å². The predicted octanol–water partition coefficient (Wildman–Crippen LogP) is 1.36. The number of hydrogen-bond donors (Lipinski definition) is 2. The average molecular weight is 158 g/mol. The molecule has 0 saturated heterocycles. The van der Waals surface area contributed by atoms with Crippen LogP contribution < -0.4 is 11.1 Å². The molecule has 0 aromatic heterocycles. The van der Waals surface area contributed by atoms with Gasteiger partial charge in [0, 0.05) is 18.1 Å². The van der Waals surface area contributed by atoms with Gasteiger partial charge in [-0.1, -0.05) is 13.8 Å². The van der Waals surface area contributed by atoms with Crippen LogP contribution >= 0.6 is 0 Å². The predicted molar refractivity (Wildman–Crippen MR) is 50.6 cm³/mol. The Labute approximate surface area is 70.5 Å². The lowest BCUT2D eigenvalue weighted by Gasteiger charge is -2.31. The molecule has 0 amide bonds. The van der Waals surface area contributed by atoms with Gasteiger partial charge in [0.2, 0.25) is 0 Å². The standard InChI is InChI=1S/C9H22N2/c1-7(2)9(4,5)11-6-8(3)10/h7-8,11H,6,10H2,1-5H3. The van der Waals surface area contributed by atoms with Gasteiger partial charge in [0.1, 0.15) is 0 Å². The van der Waals surface area contributed by atoms with E-state index in [0.717, 1.165) is 6.54 Å². The van der Waals surface area contributed by atoms with E-state index in [2.05, 4.69) is 33.0 Å². The highest BCUT2D eigenvalue weighted by Crippen LogP contribution is 2.14. The van der Waals surface area contributed by atoms with Crippen molar-refractivity contribution in [2.45, 2.75) is 46.2 Å². The Kier molecular flexibility index (Phi) is 4.04. The normalized spacial score (nSPS) is 15.5. The minimum Gasteiger partial charge on any atom is -0.327 e. The van der Waals surface area contributed by atoms with E-state index in [1.165, 1.54) is 0 Å². The third-order valence-electron chi connectivity index (χ3n) is 2.32. The van der Waals surface area contributed by atoms with Gasteiger partial charge in [-0.25, -0.2) is 0 Å². The fraction of sp³-hybridized carbons (Fsp3) is 1.00. The Balaban J connectivity index is 3.73. The fourth-order valence-corrected chi connectivity index (χ4v) is 0.628. The van der Waals surface area contributed by atoms with E-state index in [1.807, 2.05) is 6.92 Å². The van der Waals surface area contributed by atoms with Gasteiger partial charge in [-0.2, -0.15) is 0 Å². The van der Waals surface area contributed by atoms with Gasteiger partial charge in [-0.3, -0.25) is 0 Å². The molecule has 3 N–H and O–H groups in total. The van der Waals surface area contributed by atoms with Crippen molar-refractivity contribution in [1.29, 1.82) is 0 Å². The lowest BCUT2D eigenvalue weighted by Crippen LogP contribution is -2.48. The van der Waals surface area contributed by atoms with Crippen LogP contribution in [0.4, 0.5) is 0 Å². The van der Waals surface area contributed by atoms with Gasteiger partial charge >= 0.3 is 0 Å². The SMILES string of the molecule is CC(N)CNC(C)(C)C(C)C. The molecule has 0 aliphatic carbocycles. The van der Waals surface area contributed by atoms with Crippen molar-refractivity contribution in [3.05, 3.63) is 0 Å². The molecule has 0 aromatic rings. The lowest BCUT2D eigenvalue weighted by molar-refractivity contribution is 0.283. The minimum absolute atomic E-state index is 0.202. The number of rotatable bonds is 4. The van der Waals surface area contributed by atoms with Crippen molar-refractivity contribution in [2.75, 3.05) is 6.54 Å². The van der Waals surface area contributed by atoms with E-state index in [9.17, 15) is 0 Å². The monoisotopic (exact) mass is 158 g/mol. The largest absolute Gasteiger partial charge is 0.327 e. The van der Waals surface area contributed by atoms with Crippen molar-refractivity contribution in [3.63, 3.8) is 0 Å². The van der Waals surface area contributed by atoms with Gasteiger partial charge in [0.05, 0.1) is 0 Å². The maximum atomic E-state index is 5.64. The van der Waals surface area contributed by atoms with Crippen LogP contribution in [0, 0.1) is 5.92 Å². The second kappa shape index (κ2) is 4.07. The summed E-state index contributed by atoms with van der Waals surface area (Å²) in [5.41, 5.74) is 5.84. The summed E-state index contributed by atoms with van der Waals surface area (Å²) in [5, 5.41) is 3.43. The average Bonchev–Trinajstić information content (AvgIpc) is 1.84. The summed E-state index contributed by atoms with van der Waals surface area (Å²) in [6.45, 7) is 11.8. The molecule has 0 heterocycles. The summed E-state index contributed by atoms with van der Waals surface area (Å²) in [5.74, 6) is 0.640. The molecule has 0 spiro atoms.